The van der Waals surface area contributed by atoms with Crippen LogP contribution in [0.3, 0.4) is 0 Å². The Morgan fingerprint density at radius 3 is 2.86 bits per heavy atom. The normalized spacial score (nSPS) is 22.8. The van der Waals surface area contributed by atoms with Crippen molar-refractivity contribution in [2.75, 3.05) is 12.3 Å². The van der Waals surface area contributed by atoms with E-state index in [1.54, 1.807) is 23.9 Å². The Labute approximate surface area is 136 Å². The van der Waals surface area contributed by atoms with Crippen molar-refractivity contribution in [3.05, 3.63) is 34.1 Å². The van der Waals surface area contributed by atoms with Crippen LogP contribution in [-0.4, -0.2) is 29.3 Å². The Morgan fingerprint density at radius 2 is 2.14 bits per heavy atom. The number of nitrogens with one attached hydrogen (secondary N) is 1. The van der Waals surface area contributed by atoms with Crippen molar-refractivity contribution in [1.82, 2.24) is 10.2 Å². The van der Waals surface area contributed by atoms with E-state index in [0.29, 0.717) is 10.5 Å². The summed E-state index contributed by atoms with van der Waals surface area (Å²) in [6, 6.07) is 5.32. The fraction of sp³-hybridized carbons (Fsp3) is 0.533. The van der Waals surface area contributed by atoms with Gasteiger partial charge >= 0.3 is 6.03 Å². The van der Waals surface area contributed by atoms with Crippen molar-refractivity contribution in [3.63, 3.8) is 0 Å². The summed E-state index contributed by atoms with van der Waals surface area (Å²) < 4.78 is 13.8. The van der Waals surface area contributed by atoms with Gasteiger partial charge in [0, 0.05) is 18.3 Å². The van der Waals surface area contributed by atoms with Gasteiger partial charge < -0.3 is 10.2 Å². The van der Waals surface area contributed by atoms with Gasteiger partial charge in [-0.3, -0.25) is 0 Å². The molecule has 1 heterocycles. The number of hydrogen-bond acceptors (Lipinski definition) is 2. The van der Waals surface area contributed by atoms with Crippen LogP contribution in [-0.2, 0) is 0 Å². The van der Waals surface area contributed by atoms with E-state index in [-0.39, 0.29) is 17.2 Å². The molecular formula is C15H18BrFN2OS. The van der Waals surface area contributed by atoms with Gasteiger partial charge in [0.2, 0.25) is 0 Å². The molecule has 1 saturated carbocycles. The van der Waals surface area contributed by atoms with Gasteiger partial charge in [0.1, 0.15) is 11.2 Å². The van der Waals surface area contributed by atoms with Crippen molar-refractivity contribution >= 4 is 33.7 Å². The first-order valence-corrected chi connectivity index (χ1v) is 9.13. The molecule has 0 bridgehead atoms. The topological polar surface area (TPSA) is 32.3 Å². The second kappa shape index (κ2) is 6.57. The van der Waals surface area contributed by atoms with Crippen LogP contribution in [0.5, 0.6) is 0 Å². The summed E-state index contributed by atoms with van der Waals surface area (Å²) in [6.45, 7) is 0.739. The van der Waals surface area contributed by atoms with Gasteiger partial charge in [-0.1, -0.05) is 18.9 Å². The largest absolute Gasteiger partial charge is 0.335 e. The van der Waals surface area contributed by atoms with E-state index in [9.17, 15) is 9.18 Å². The Kier molecular flexibility index (Phi) is 4.74. The van der Waals surface area contributed by atoms with E-state index in [1.165, 1.54) is 18.9 Å². The summed E-state index contributed by atoms with van der Waals surface area (Å²) in [5.41, 5.74) is 0.965. The molecule has 0 radical (unpaired) electrons. The number of carbonyl (C=O) groups excluding carboxylic acids is 1. The molecule has 1 aromatic rings. The van der Waals surface area contributed by atoms with E-state index < -0.39 is 0 Å². The first-order chi connectivity index (χ1) is 10.1. The van der Waals surface area contributed by atoms with Crippen molar-refractivity contribution < 1.29 is 9.18 Å². The van der Waals surface area contributed by atoms with Gasteiger partial charge in [-0.25, -0.2) is 9.18 Å². The van der Waals surface area contributed by atoms with Crippen LogP contribution in [0.4, 0.5) is 9.18 Å². The molecule has 3 rings (SSSR count). The average molecular weight is 373 g/mol. The maximum Gasteiger partial charge on any atom is 0.318 e. The van der Waals surface area contributed by atoms with Crippen LogP contribution in [0.2, 0.25) is 0 Å². The zero-order chi connectivity index (χ0) is 14.8. The number of hydrogen-bond donors (Lipinski definition) is 1. The molecule has 3 nitrogen and oxygen atoms in total. The molecule has 6 heteroatoms. The molecule has 21 heavy (non-hydrogen) atoms. The SMILES string of the molecule is O=C(NC1CCCC1)N1CCSC1c1ccc(F)c(Br)c1. The third-order valence-corrected chi connectivity index (χ3v) is 5.93. The van der Waals surface area contributed by atoms with Crippen molar-refractivity contribution in [2.45, 2.75) is 37.1 Å². The molecular weight excluding hydrogens is 355 g/mol. The van der Waals surface area contributed by atoms with Crippen LogP contribution in [0.25, 0.3) is 0 Å². The van der Waals surface area contributed by atoms with Gasteiger partial charge in [0.25, 0.3) is 0 Å². The highest BCUT2D eigenvalue weighted by atomic mass is 79.9. The second-order valence-corrected chi connectivity index (χ2v) is 7.56. The first-order valence-electron chi connectivity index (χ1n) is 7.29. The fourth-order valence-electron chi connectivity index (χ4n) is 2.95. The molecule has 1 N–H and O–H groups in total. The van der Waals surface area contributed by atoms with Crippen LogP contribution < -0.4 is 5.32 Å². The molecule has 1 aliphatic heterocycles. The summed E-state index contributed by atoms with van der Waals surface area (Å²) in [7, 11) is 0. The zero-order valence-electron chi connectivity index (χ0n) is 11.6. The highest BCUT2D eigenvalue weighted by Crippen LogP contribution is 2.39. The Bertz CT molecular complexity index is 536. The molecule has 1 aromatic carbocycles. The highest BCUT2D eigenvalue weighted by molar-refractivity contribution is 9.10. The molecule has 2 aliphatic rings. The minimum atomic E-state index is -0.274. The number of amides is 2. The monoisotopic (exact) mass is 372 g/mol. The minimum absolute atomic E-state index is 0.0114. The van der Waals surface area contributed by atoms with Crippen LogP contribution >= 0.6 is 27.7 Å². The van der Waals surface area contributed by atoms with E-state index in [0.717, 1.165) is 30.7 Å². The van der Waals surface area contributed by atoms with Crippen LogP contribution in [0.15, 0.2) is 22.7 Å². The lowest BCUT2D eigenvalue weighted by Crippen LogP contribution is -2.43. The predicted molar refractivity (Wildman–Crippen MR) is 86.8 cm³/mol. The highest BCUT2D eigenvalue weighted by Gasteiger charge is 2.32. The molecule has 0 aromatic heterocycles. The van der Waals surface area contributed by atoms with E-state index >= 15 is 0 Å². The summed E-state index contributed by atoms with van der Waals surface area (Å²) in [6.07, 6.45) is 4.57. The number of carbonyl (C=O) groups is 1. The van der Waals surface area contributed by atoms with Gasteiger partial charge in [-0.15, -0.1) is 11.8 Å². The molecule has 0 spiro atoms. The van der Waals surface area contributed by atoms with Crippen molar-refractivity contribution in [1.29, 1.82) is 0 Å². The predicted octanol–water partition coefficient (Wildman–Crippen LogP) is 4.29. The Morgan fingerprint density at radius 1 is 1.38 bits per heavy atom. The zero-order valence-corrected chi connectivity index (χ0v) is 14.1. The summed E-state index contributed by atoms with van der Waals surface area (Å²) in [5.74, 6) is 0.640. The van der Waals surface area contributed by atoms with Crippen molar-refractivity contribution in [3.8, 4) is 0 Å². The standard InChI is InChI=1S/C15H18BrFN2OS/c16-12-9-10(5-6-13(12)17)14-19(7-8-21-14)15(20)18-11-3-1-2-4-11/h5-6,9,11,14H,1-4,7-8H2,(H,18,20). The van der Waals surface area contributed by atoms with E-state index in [4.69, 9.17) is 0 Å². The number of urea groups is 1. The second-order valence-electron chi connectivity index (χ2n) is 5.52. The number of rotatable bonds is 2. The molecule has 2 fully saturated rings. The summed E-state index contributed by atoms with van der Waals surface area (Å²) >= 11 is 4.94. The van der Waals surface area contributed by atoms with Gasteiger partial charge in [0.05, 0.1) is 4.47 Å². The lowest BCUT2D eigenvalue weighted by Gasteiger charge is -2.26. The Hall–Kier alpha value is -0.750. The maximum atomic E-state index is 13.4. The fourth-order valence-corrected chi connectivity index (χ4v) is 4.59. The third-order valence-electron chi connectivity index (χ3n) is 4.06. The van der Waals surface area contributed by atoms with Crippen LogP contribution in [0.1, 0.15) is 36.6 Å². The first kappa shape index (κ1) is 15.2. The number of halogens is 2. The number of benzene rings is 1. The van der Waals surface area contributed by atoms with Gasteiger partial charge in [-0.05, 0) is 46.5 Å². The molecule has 1 atom stereocenters. The molecule has 1 aliphatic carbocycles. The Balaban J connectivity index is 1.72. The molecule has 2 amide bonds. The number of nitrogens with zero attached hydrogens (tertiary/aromatic N) is 1. The van der Waals surface area contributed by atoms with E-state index in [2.05, 4.69) is 21.2 Å². The maximum absolute atomic E-state index is 13.4. The molecule has 114 valence electrons. The van der Waals surface area contributed by atoms with Gasteiger partial charge in [-0.2, -0.15) is 0 Å². The van der Waals surface area contributed by atoms with Crippen LogP contribution in [0, 0.1) is 5.82 Å². The smallest absolute Gasteiger partial charge is 0.318 e. The molecule has 1 unspecified atom stereocenters. The van der Waals surface area contributed by atoms with E-state index in [1.807, 2.05) is 4.90 Å². The summed E-state index contributed by atoms with van der Waals surface area (Å²) in [4.78, 5) is 14.3. The quantitative estimate of drug-likeness (QED) is 0.839. The van der Waals surface area contributed by atoms with Crippen molar-refractivity contribution in [2.24, 2.45) is 0 Å². The lowest BCUT2D eigenvalue weighted by molar-refractivity contribution is 0.196. The summed E-state index contributed by atoms with van der Waals surface area (Å²) in [5, 5.41) is 3.11. The third kappa shape index (κ3) is 3.37. The van der Waals surface area contributed by atoms with Gasteiger partial charge in [0.15, 0.2) is 0 Å². The average Bonchev–Trinajstić information content (AvgIpc) is 3.12. The lowest BCUT2D eigenvalue weighted by atomic mass is 10.2. The minimum Gasteiger partial charge on any atom is -0.335 e. The number of thioether (sulfide) groups is 1. The molecule has 1 saturated heterocycles.